The first-order valence-electron chi connectivity index (χ1n) is 9.52. The van der Waals surface area contributed by atoms with E-state index in [0.717, 1.165) is 41.4 Å². The molecule has 0 radical (unpaired) electrons. The van der Waals surface area contributed by atoms with Gasteiger partial charge in [-0.25, -0.2) is 0 Å². The summed E-state index contributed by atoms with van der Waals surface area (Å²) in [6, 6.07) is 10.9. The van der Waals surface area contributed by atoms with E-state index in [9.17, 15) is 9.59 Å². The highest BCUT2D eigenvalue weighted by Gasteiger charge is 2.25. The summed E-state index contributed by atoms with van der Waals surface area (Å²) in [5, 5.41) is 3.75. The Bertz CT molecular complexity index is 1140. The van der Waals surface area contributed by atoms with Crippen LogP contribution < -0.4 is 14.8 Å². The fourth-order valence-electron chi connectivity index (χ4n) is 3.93. The van der Waals surface area contributed by atoms with Crippen LogP contribution in [0, 0.1) is 0 Å². The Hall–Kier alpha value is -3.41. The van der Waals surface area contributed by atoms with Gasteiger partial charge in [-0.05, 0) is 43.9 Å². The third kappa shape index (κ3) is 3.31. The van der Waals surface area contributed by atoms with Gasteiger partial charge in [-0.2, -0.15) is 0 Å². The first-order valence-corrected chi connectivity index (χ1v) is 9.52. The monoisotopic (exact) mass is 390 g/mol. The number of anilines is 1. The fourth-order valence-corrected chi connectivity index (χ4v) is 3.93. The molecule has 1 amide bonds. The van der Waals surface area contributed by atoms with Crippen molar-refractivity contribution in [3.63, 3.8) is 0 Å². The van der Waals surface area contributed by atoms with Crippen LogP contribution in [0.25, 0.3) is 10.9 Å². The standard InChI is InChI=1S/C23H22N2O4/c1-13(26)16-11-20(28-2)21(29-3)12-19(16)25-23(27)22-14-7-4-5-9-17(14)24-18-10-6-8-15(18)22/h4-5,7,9,11-12H,6,8,10H2,1-3H3,(H,25,27). The summed E-state index contributed by atoms with van der Waals surface area (Å²) in [6.45, 7) is 1.45. The molecule has 1 aromatic heterocycles. The van der Waals surface area contributed by atoms with E-state index in [1.54, 1.807) is 12.1 Å². The summed E-state index contributed by atoms with van der Waals surface area (Å²) in [4.78, 5) is 30.3. The van der Waals surface area contributed by atoms with Crippen LogP contribution in [0.4, 0.5) is 5.69 Å². The van der Waals surface area contributed by atoms with E-state index < -0.39 is 0 Å². The molecule has 1 aliphatic carbocycles. The number of amides is 1. The number of ether oxygens (including phenoxy) is 2. The molecule has 148 valence electrons. The molecular weight excluding hydrogens is 368 g/mol. The number of para-hydroxylation sites is 1. The minimum atomic E-state index is -0.253. The van der Waals surface area contributed by atoms with Crippen molar-refractivity contribution in [2.24, 2.45) is 0 Å². The molecular formula is C23H22N2O4. The number of methoxy groups -OCH3 is 2. The molecule has 0 aliphatic heterocycles. The predicted octanol–water partition coefficient (Wildman–Crippen LogP) is 4.20. The number of ketones is 1. The number of fused-ring (bicyclic) bond motifs is 2. The molecule has 2 aromatic carbocycles. The summed E-state index contributed by atoms with van der Waals surface area (Å²) >= 11 is 0. The van der Waals surface area contributed by atoms with E-state index in [4.69, 9.17) is 14.5 Å². The molecule has 0 spiro atoms. The molecule has 1 N–H and O–H groups in total. The molecule has 0 atom stereocenters. The Kier molecular flexibility index (Phi) is 4.92. The topological polar surface area (TPSA) is 77.5 Å². The van der Waals surface area contributed by atoms with Crippen molar-refractivity contribution in [2.75, 3.05) is 19.5 Å². The smallest absolute Gasteiger partial charge is 0.256 e. The Morgan fingerprint density at radius 2 is 1.76 bits per heavy atom. The Morgan fingerprint density at radius 3 is 2.48 bits per heavy atom. The number of nitrogens with zero attached hydrogens (tertiary/aromatic N) is 1. The molecule has 0 bridgehead atoms. The van der Waals surface area contributed by atoms with E-state index in [2.05, 4.69) is 5.32 Å². The van der Waals surface area contributed by atoms with Crippen LogP contribution in [-0.4, -0.2) is 30.9 Å². The van der Waals surface area contributed by atoms with Gasteiger partial charge in [0.25, 0.3) is 5.91 Å². The van der Waals surface area contributed by atoms with E-state index in [-0.39, 0.29) is 11.7 Å². The van der Waals surface area contributed by atoms with Crippen LogP contribution in [0.1, 0.15) is 45.3 Å². The summed E-state index contributed by atoms with van der Waals surface area (Å²) in [6.07, 6.45) is 2.67. The highest BCUT2D eigenvalue weighted by molar-refractivity contribution is 6.15. The quantitative estimate of drug-likeness (QED) is 0.661. The normalized spacial score (nSPS) is 12.5. The zero-order chi connectivity index (χ0) is 20.5. The summed E-state index contributed by atoms with van der Waals surface area (Å²) in [5.41, 5.74) is 4.17. The van der Waals surface area contributed by atoms with Gasteiger partial charge < -0.3 is 14.8 Å². The van der Waals surface area contributed by atoms with Crippen LogP contribution in [0.3, 0.4) is 0 Å². The predicted molar refractivity (Wildman–Crippen MR) is 111 cm³/mol. The largest absolute Gasteiger partial charge is 0.493 e. The van der Waals surface area contributed by atoms with Gasteiger partial charge in [-0.1, -0.05) is 18.2 Å². The van der Waals surface area contributed by atoms with Gasteiger partial charge in [-0.15, -0.1) is 0 Å². The maximum Gasteiger partial charge on any atom is 0.256 e. The first kappa shape index (κ1) is 18.9. The van der Waals surface area contributed by atoms with Crippen molar-refractivity contribution < 1.29 is 19.1 Å². The van der Waals surface area contributed by atoms with Crippen LogP contribution >= 0.6 is 0 Å². The minimum Gasteiger partial charge on any atom is -0.493 e. The highest BCUT2D eigenvalue weighted by atomic mass is 16.5. The lowest BCUT2D eigenvalue weighted by Gasteiger charge is -2.16. The zero-order valence-corrected chi connectivity index (χ0v) is 16.7. The maximum absolute atomic E-state index is 13.4. The van der Waals surface area contributed by atoms with E-state index in [0.29, 0.717) is 28.3 Å². The second-order valence-electron chi connectivity index (χ2n) is 7.05. The fraction of sp³-hybridized carbons (Fsp3) is 0.261. The van der Waals surface area contributed by atoms with Gasteiger partial charge in [0.1, 0.15) is 0 Å². The number of hydrogen-bond donors (Lipinski definition) is 1. The lowest BCUT2D eigenvalue weighted by atomic mass is 10.00. The van der Waals surface area contributed by atoms with Crippen molar-refractivity contribution >= 4 is 28.3 Å². The lowest BCUT2D eigenvalue weighted by Crippen LogP contribution is -2.17. The molecule has 0 saturated carbocycles. The van der Waals surface area contributed by atoms with Gasteiger partial charge >= 0.3 is 0 Å². The van der Waals surface area contributed by atoms with Crippen LogP contribution in [0.5, 0.6) is 11.5 Å². The number of carbonyl (C=O) groups is 2. The number of rotatable bonds is 5. The van der Waals surface area contributed by atoms with Gasteiger partial charge in [0, 0.05) is 22.7 Å². The molecule has 0 fully saturated rings. The first-order chi connectivity index (χ1) is 14.0. The number of aryl methyl sites for hydroxylation is 1. The Morgan fingerprint density at radius 1 is 1.03 bits per heavy atom. The van der Waals surface area contributed by atoms with Crippen molar-refractivity contribution in [3.05, 3.63) is 58.8 Å². The summed E-state index contributed by atoms with van der Waals surface area (Å²) in [5.74, 6) is 0.450. The number of hydrogen-bond acceptors (Lipinski definition) is 5. The molecule has 29 heavy (non-hydrogen) atoms. The molecule has 1 heterocycles. The van der Waals surface area contributed by atoms with Crippen molar-refractivity contribution in [1.82, 2.24) is 4.98 Å². The molecule has 1 aliphatic rings. The second kappa shape index (κ2) is 7.54. The van der Waals surface area contributed by atoms with Crippen LogP contribution in [-0.2, 0) is 12.8 Å². The van der Waals surface area contributed by atoms with Crippen molar-refractivity contribution in [3.8, 4) is 11.5 Å². The average molecular weight is 390 g/mol. The zero-order valence-electron chi connectivity index (χ0n) is 16.7. The third-order valence-corrected chi connectivity index (χ3v) is 5.30. The van der Waals surface area contributed by atoms with E-state index >= 15 is 0 Å². The molecule has 6 nitrogen and oxygen atoms in total. The highest BCUT2D eigenvalue weighted by Crippen LogP contribution is 2.35. The molecule has 0 saturated heterocycles. The molecule has 0 unspecified atom stereocenters. The number of Topliss-reactive ketones (excluding diaryl/α,β-unsaturated/α-hetero) is 1. The Labute approximate surface area is 168 Å². The average Bonchev–Trinajstić information content (AvgIpc) is 3.19. The number of pyridine rings is 1. The SMILES string of the molecule is COc1cc(NC(=O)c2c3c(nc4ccccc24)CCC3)c(C(C)=O)cc1OC. The Balaban J connectivity index is 1.83. The third-order valence-electron chi connectivity index (χ3n) is 5.30. The van der Waals surface area contributed by atoms with Crippen LogP contribution in [0.2, 0.25) is 0 Å². The van der Waals surface area contributed by atoms with Gasteiger partial charge in [0.05, 0.1) is 31.0 Å². The lowest BCUT2D eigenvalue weighted by molar-refractivity contribution is 0.101. The second-order valence-corrected chi connectivity index (χ2v) is 7.05. The molecule has 4 rings (SSSR count). The number of benzene rings is 2. The molecule has 3 aromatic rings. The summed E-state index contributed by atoms with van der Waals surface area (Å²) in [7, 11) is 3.02. The maximum atomic E-state index is 13.4. The summed E-state index contributed by atoms with van der Waals surface area (Å²) < 4.78 is 10.6. The van der Waals surface area contributed by atoms with E-state index in [1.165, 1.54) is 21.1 Å². The van der Waals surface area contributed by atoms with Gasteiger partial charge in [0.2, 0.25) is 0 Å². The van der Waals surface area contributed by atoms with Gasteiger partial charge in [-0.3, -0.25) is 14.6 Å². The van der Waals surface area contributed by atoms with E-state index in [1.807, 2.05) is 24.3 Å². The minimum absolute atomic E-state index is 0.175. The van der Waals surface area contributed by atoms with Crippen molar-refractivity contribution in [1.29, 1.82) is 0 Å². The number of aromatic nitrogens is 1. The molecule has 6 heteroatoms. The van der Waals surface area contributed by atoms with Crippen molar-refractivity contribution in [2.45, 2.75) is 26.2 Å². The van der Waals surface area contributed by atoms with Gasteiger partial charge in [0.15, 0.2) is 17.3 Å². The number of carbonyl (C=O) groups excluding carboxylic acids is 2. The number of nitrogens with one attached hydrogen (secondary N) is 1. The van der Waals surface area contributed by atoms with Crippen LogP contribution in [0.15, 0.2) is 36.4 Å².